The van der Waals surface area contributed by atoms with Gasteiger partial charge in [-0.05, 0) is 44.7 Å². The van der Waals surface area contributed by atoms with Crippen molar-refractivity contribution in [1.29, 1.82) is 0 Å². The van der Waals surface area contributed by atoms with Crippen LogP contribution < -0.4 is 10.6 Å². The van der Waals surface area contributed by atoms with Crippen LogP contribution in [0.3, 0.4) is 0 Å². The highest BCUT2D eigenvalue weighted by Crippen LogP contribution is 2.16. The maximum atomic E-state index is 11.8. The van der Waals surface area contributed by atoms with E-state index in [1.165, 1.54) is 0 Å². The van der Waals surface area contributed by atoms with Crippen LogP contribution in [0.2, 0.25) is 0 Å². The molecule has 1 aromatic carbocycles. The molecule has 0 spiro atoms. The highest BCUT2D eigenvalue weighted by molar-refractivity contribution is 9.10. The van der Waals surface area contributed by atoms with Crippen molar-refractivity contribution in [3.8, 4) is 0 Å². The lowest BCUT2D eigenvalue weighted by molar-refractivity contribution is 0.0950. The van der Waals surface area contributed by atoms with Crippen molar-refractivity contribution in [2.75, 3.05) is 13.6 Å². The number of aryl methyl sites for hydroxylation is 1. The van der Waals surface area contributed by atoms with Crippen LogP contribution in [0.5, 0.6) is 0 Å². The number of benzene rings is 1. The van der Waals surface area contributed by atoms with E-state index in [0.29, 0.717) is 12.1 Å². The van der Waals surface area contributed by atoms with Gasteiger partial charge in [0.05, 0.1) is 0 Å². The van der Waals surface area contributed by atoms with Gasteiger partial charge in [0.2, 0.25) is 0 Å². The molecule has 1 atom stereocenters. The van der Waals surface area contributed by atoms with Gasteiger partial charge in [0.25, 0.3) is 5.91 Å². The first-order valence-corrected chi connectivity index (χ1v) is 6.05. The molecular formula is C12H17BrN2O. The molecule has 1 aromatic rings. The smallest absolute Gasteiger partial charge is 0.251 e. The fourth-order valence-electron chi connectivity index (χ4n) is 1.24. The van der Waals surface area contributed by atoms with Gasteiger partial charge in [-0.1, -0.05) is 15.9 Å². The van der Waals surface area contributed by atoms with E-state index in [1.807, 2.05) is 39.1 Å². The average molecular weight is 285 g/mol. The van der Waals surface area contributed by atoms with Crippen molar-refractivity contribution in [2.24, 2.45) is 0 Å². The first-order chi connectivity index (χ1) is 7.54. The summed E-state index contributed by atoms with van der Waals surface area (Å²) in [5.41, 5.74) is 1.76. The molecule has 0 aromatic heterocycles. The van der Waals surface area contributed by atoms with Gasteiger partial charge in [0.1, 0.15) is 0 Å². The summed E-state index contributed by atoms with van der Waals surface area (Å²) in [7, 11) is 1.88. The second-order valence-corrected chi connectivity index (χ2v) is 4.72. The lowest BCUT2D eigenvalue weighted by Gasteiger charge is -2.11. The zero-order valence-electron chi connectivity index (χ0n) is 9.80. The third-order valence-electron chi connectivity index (χ3n) is 2.48. The van der Waals surface area contributed by atoms with Crippen LogP contribution in [0.25, 0.3) is 0 Å². The van der Waals surface area contributed by atoms with Crippen molar-refractivity contribution >= 4 is 21.8 Å². The summed E-state index contributed by atoms with van der Waals surface area (Å²) in [6.07, 6.45) is 0. The minimum atomic E-state index is -0.0299. The van der Waals surface area contributed by atoms with Gasteiger partial charge in [-0.25, -0.2) is 0 Å². The van der Waals surface area contributed by atoms with Crippen LogP contribution in [-0.2, 0) is 0 Å². The Kier molecular flexibility index (Phi) is 4.96. The quantitative estimate of drug-likeness (QED) is 0.889. The van der Waals surface area contributed by atoms with E-state index >= 15 is 0 Å². The van der Waals surface area contributed by atoms with Gasteiger partial charge in [0.15, 0.2) is 0 Å². The monoisotopic (exact) mass is 284 g/mol. The third kappa shape index (κ3) is 3.61. The maximum Gasteiger partial charge on any atom is 0.251 e. The Bertz CT molecular complexity index is 379. The number of halogens is 1. The number of nitrogens with one attached hydrogen (secondary N) is 2. The highest BCUT2D eigenvalue weighted by atomic mass is 79.9. The summed E-state index contributed by atoms with van der Waals surface area (Å²) in [5.74, 6) is -0.0299. The Labute approximate surface area is 105 Å². The summed E-state index contributed by atoms with van der Waals surface area (Å²) < 4.78 is 1.02. The molecule has 0 fully saturated rings. The minimum Gasteiger partial charge on any atom is -0.350 e. The van der Waals surface area contributed by atoms with Crippen molar-refractivity contribution < 1.29 is 4.79 Å². The first kappa shape index (κ1) is 13.2. The summed E-state index contributed by atoms with van der Waals surface area (Å²) >= 11 is 3.41. The zero-order chi connectivity index (χ0) is 12.1. The lowest BCUT2D eigenvalue weighted by Crippen LogP contribution is -2.37. The number of likely N-dealkylation sites (N-methyl/N-ethyl adjacent to an activating group) is 1. The number of hydrogen-bond acceptors (Lipinski definition) is 2. The molecule has 0 aliphatic rings. The molecule has 1 amide bonds. The number of hydrogen-bond donors (Lipinski definition) is 2. The van der Waals surface area contributed by atoms with E-state index in [1.54, 1.807) is 0 Å². The Morgan fingerprint density at radius 1 is 1.50 bits per heavy atom. The van der Waals surface area contributed by atoms with E-state index in [9.17, 15) is 4.79 Å². The zero-order valence-corrected chi connectivity index (χ0v) is 11.4. The van der Waals surface area contributed by atoms with E-state index in [0.717, 1.165) is 10.0 Å². The number of carbonyl (C=O) groups is 1. The predicted molar refractivity (Wildman–Crippen MR) is 69.7 cm³/mol. The molecule has 0 saturated carbocycles. The SMILES string of the molecule is CNC(C)CNC(=O)c1ccc(Br)c(C)c1. The van der Waals surface area contributed by atoms with Crippen molar-refractivity contribution in [3.63, 3.8) is 0 Å². The van der Waals surface area contributed by atoms with Crippen LogP contribution in [0.1, 0.15) is 22.8 Å². The second kappa shape index (κ2) is 6.01. The third-order valence-corrected chi connectivity index (χ3v) is 3.37. The van der Waals surface area contributed by atoms with Gasteiger partial charge in [-0.3, -0.25) is 4.79 Å². The Hall–Kier alpha value is -0.870. The van der Waals surface area contributed by atoms with E-state index < -0.39 is 0 Å². The summed E-state index contributed by atoms with van der Waals surface area (Å²) in [6, 6.07) is 5.87. The molecule has 88 valence electrons. The molecule has 1 rings (SSSR count). The topological polar surface area (TPSA) is 41.1 Å². The summed E-state index contributed by atoms with van der Waals surface area (Å²) in [5, 5.41) is 5.95. The molecular weight excluding hydrogens is 268 g/mol. The molecule has 0 radical (unpaired) electrons. The highest BCUT2D eigenvalue weighted by Gasteiger charge is 2.07. The molecule has 3 nitrogen and oxygen atoms in total. The van der Waals surface area contributed by atoms with Gasteiger partial charge in [-0.2, -0.15) is 0 Å². The fraction of sp³-hybridized carbons (Fsp3) is 0.417. The lowest BCUT2D eigenvalue weighted by atomic mass is 10.1. The van der Waals surface area contributed by atoms with Crippen LogP contribution in [0.4, 0.5) is 0 Å². The molecule has 1 unspecified atom stereocenters. The van der Waals surface area contributed by atoms with Crippen molar-refractivity contribution in [1.82, 2.24) is 10.6 Å². The average Bonchev–Trinajstić information content (AvgIpc) is 2.29. The van der Waals surface area contributed by atoms with Gasteiger partial charge >= 0.3 is 0 Å². The van der Waals surface area contributed by atoms with Crippen molar-refractivity contribution in [2.45, 2.75) is 19.9 Å². The normalized spacial score (nSPS) is 12.2. The van der Waals surface area contributed by atoms with Crippen LogP contribution >= 0.6 is 15.9 Å². The molecule has 16 heavy (non-hydrogen) atoms. The minimum absolute atomic E-state index is 0.0299. The largest absolute Gasteiger partial charge is 0.350 e. The van der Waals surface area contributed by atoms with E-state index in [-0.39, 0.29) is 11.9 Å². The molecule has 0 aliphatic heterocycles. The van der Waals surface area contributed by atoms with E-state index in [4.69, 9.17) is 0 Å². The van der Waals surface area contributed by atoms with Crippen LogP contribution in [0, 0.1) is 6.92 Å². The molecule has 2 N–H and O–H groups in total. The molecule has 4 heteroatoms. The molecule has 0 aliphatic carbocycles. The van der Waals surface area contributed by atoms with Crippen LogP contribution in [0.15, 0.2) is 22.7 Å². The Morgan fingerprint density at radius 2 is 2.19 bits per heavy atom. The Morgan fingerprint density at radius 3 is 2.75 bits per heavy atom. The first-order valence-electron chi connectivity index (χ1n) is 5.26. The van der Waals surface area contributed by atoms with E-state index in [2.05, 4.69) is 26.6 Å². The number of carbonyl (C=O) groups excluding carboxylic acids is 1. The van der Waals surface area contributed by atoms with Gasteiger partial charge < -0.3 is 10.6 Å². The molecule has 0 saturated heterocycles. The number of rotatable bonds is 4. The molecule has 0 bridgehead atoms. The summed E-state index contributed by atoms with van der Waals surface area (Å²) in [6.45, 7) is 4.62. The Balaban J connectivity index is 2.63. The van der Waals surface area contributed by atoms with Crippen molar-refractivity contribution in [3.05, 3.63) is 33.8 Å². The molecule has 0 heterocycles. The maximum absolute atomic E-state index is 11.8. The fourth-order valence-corrected chi connectivity index (χ4v) is 1.48. The standard InChI is InChI=1S/C12H17BrN2O/c1-8-6-10(4-5-11(8)13)12(16)15-7-9(2)14-3/h4-6,9,14H,7H2,1-3H3,(H,15,16). The summed E-state index contributed by atoms with van der Waals surface area (Å²) in [4.78, 5) is 11.8. The van der Waals surface area contributed by atoms with Gasteiger partial charge in [-0.15, -0.1) is 0 Å². The second-order valence-electron chi connectivity index (χ2n) is 3.86. The van der Waals surface area contributed by atoms with Gasteiger partial charge in [0, 0.05) is 22.6 Å². The van der Waals surface area contributed by atoms with Crippen LogP contribution in [-0.4, -0.2) is 25.5 Å². The predicted octanol–water partition coefficient (Wildman–Crippen LogP) is 2.10. The number of amides is 1.